The van der Waals surface area contributed by atoms with Gasteiger partial charge in [-0.25, -0.2) is 4.98 Å². The highest BCUT2D eigenvalue weighted by atomic mass is 14.9. The number of hydrogen-bond acceptors (Lipinski definition) is 3. The minimum atomic E-state index is 0.745. The van der Waals surface area contributed by atoms with Gasteiger partial charge in [-0.1, -0.05) is 6.07 Å². The lowest BCUT2D eigenvalue weighted by Crippen LogP contribution is -1.93. The summed E-state index contributed by atoms with van der Waals surface area (Å²) in [6.45, 7) is 2.67. The number of rotatable bonds is 4. The minimum Gasteiger partial charge on any atom is -0.341 e. The molecule has 0 fully saturated rings. The lowest BCUT2D eigenvalue weighted by atomic mass is 10.3. The van der Waals surface area contributed by atoms with Crippen molar-refractivity contribution < 1.29 is 0 Å². The zero-order valence-corrected chi connectivity index (χ0v) is 9.22. The molecule has 0 unspecified atom stereocenters. The van der Waals surface area contributed by atoms with Crippen molar-refractivity contribution in [2.24, 2.45) is 4.99 Å². The maximum atomic E-state index is 4.31. The quantitative estimate of drug-likeness (QED) is 0.789. The molecule has 2 aromatic rings. The van der Waals surface area contributed by atoms with Gasteiger partial charge in [0.15, 0.2) is 0 Å². The number of aromatic nitrogens is 3. The number of aromatic amines is 1. The van der Waals surface area contributed by atoms with Crippen molar-refractivity contribution in [2.45, 2.75) is 13.3 Å². The number of imidazole rings is 1. The fourth-order valence-electron chi connectivity index (χ4n) is 1.39. The first-order valence-corrected chi connectivity index (χ1v) is 5.26. The standard InChI is InChI=1S/C12H14N4/c1-10-15-9-12(16-10)8-13-7-5-11-4-2-3-6-14-11/h2-4,6,8-9H,5,7H2,1H3,(H,15,16). The molecule has 0 aliphatic carbocycles. The lowest BCUT2D eigenvalue weighted by Gasteiger charge is -1.94. The Hall–Kier alpha value is -1.97. The van der Waals surface area contributed by atoms with Crippen molar-refractivity contribution in [3.8, 4) is 0 Å². The Balaban J connectivity index is 1.82. The third-order valence-corrected chi connectivity index (χ3v) is 2.18. The van der Waals surface area contributed by atoms with Crippen LogP contribution in [-0.2, 0) is 6.42 Å². The number of hydrogen-bond donors (Lipinski definition) is 1. The Morgan fingerprint density at radius 2 is 2.31 bits per heavy atom. The Kier molecular flexibility index (Phi) is 3.43. The molecule has 0 atom stereocenters. The van der Waals surface area contributed by atoms with Crippen LogP contribution in [0.5, 0.6) is 0 Å². The van der Waals surface area contributed by atoms with Gasteiger partial charge < -0.3 is 4.98 Å². The summed E-state index contributed by atoms with van der Waals surface area (Å²) in [5.41, 5.74) is 2.01. The molecule has 0 bridgehead atoms. The highest BCUT2D eigenvalue weighted by Gasteiger charge is 1.92. The van der Waals surface area contributed by atoms with Crippen LogP contribution >= 0.6 is 0 Å². The summed E-state index contributed by atoms with van der Waals surface area (Å²) in [5.74, 6) is 0.908. The lowest BCUT2D eigenvalue weighted by molar-refractivity contribution is 0.926. The number of nitrogens with zero attached hydrogens (tertiary/aromatic N) is 3. The first-order chi connectivity index (χ1) is 7.84. The van der Waals surface area contributed by atoms with Gasteiger partial charge in [-0.05, 0) is 19.1 Å². The monoisotopic (exact) mass is 214 g/mol. The third-order valence-electron chi connectivity index (χ3n) is 2.18. The highest BCUT2D eigenvalue weighted by molar-refractivity contribution is 5.76. The van der Waals surface area contributed by atoms with Crippen LogP contribution in [0.2, 0.25) is 0 Å². The van der Waals surface area contributed by atoms with Crippen LogP contribution in [0.1, 0.15) is 17.2 Å². The molecule has 2 heterocycles. The number of pyridine rings is 1. The first-order valence-electron chi connectivity index (χ1n) is 5.26. The average molecular weight is 214 g/mol. The van der Waals surface area contributed by atoms with Crippen molar-refractivity contribution >= 4 is 6.21 Å². The van der Waals surface area contributed by atoms with Crippen LogP contribution in [0.15, 0.2) is 35.6 Å². The smallest absolute Gasteiger partial charge is 0.103 e. The van der Waals surface area contributed by atoms with E-state index in [1.165, 1.54) is 0 Å². The first kappa shape index (κ1) is 10.5. The Morgan fingerprint density at radius 1 is 1.38 bits per heavy atom. The predicted molar refractivity (Wildman–Crippen MR) is 63.7 cm³/mol. The summed E-state index contributed by atoms with van der Waals surface area (Å²) in [6.07, 6.45) is 6.25. The summed E-state index contributed by atoms with van der Waals surface area (Å²) in [4.78, 5) is 15.7. The Bertz CT molecular complexity index is 459. The van der Waals surface area contributed by atoms with E-state index in [0.717, 1.165) is 30.2 Å². The molecule has 0 saturated heterocycles. The fourth-order valence-corrected chi connectivity index (χ4v) is 1.39. The molecule has 2 aromatic heterocycles. The molecule has 0 radical (unpaired) electrons. The summed E-state index contributed by atoms with van der Waals surface area (Å²) in [6, 6.07) is 5.92. The van der Waals surface area contributed by atoms with E-state index in [9.17, 15) is 0 Å². The molecule has 4 heteroatoms. The Labute approximate surface area is 94.5 Å². The van der Waals surface area contributed by atoms with Gasteiger partial charge in [-0.2, -0.15) is 0 Å². The van der Waals surface area contributed by atoms with Crippen molar-refractivity contribution in [3.63, 3.8) is 0 Å². The fraction of sp³-hybridized carbons (Fsp3) is 0.250. The van der Waals surface area contributed by atoms with Crippen LogP contribution in [0.4, 0.5) is 0 Å². The molecule has 0 aliphatic rings. The summed E-state index contributed by atoms with van der Waals surface area (Å²) < 4.78 is 0. The number of nitrogens with one attached hydrogen (secondary N) is 1. The van der Waals surface area contributed by atoms with Gasteiger partial charge in [0.05, 0.1) is 11.9 Å². The number of aryl methyl sites for hydroxylation is 1. The van der Waals surface area contributed by atoms with E-state index < -0.39 is 0 Å². The predicted octanol–water partition coefficient (Wildman–Crippen LogP) is 1.77. The number of H-pyrrole nitrogens is 1. The molecule has 0 aliphatic heterocycles. The maximum absolute atomic E-state index is 4.31. The van der Waals surface area contributed by atoms with Gasteiger partial charge in [-0.3, -0.25) is 9.98 Å². The van der Waals surface area contributed by atoms with E-state index in [1.54, 1.807) is 12.4 Å². The van der Waals surface area contributed by atoms with Gasteiger partial charge in [0.25, 0.3) is 0 Å². The molecule has 0 amide bonds. The topological polar surface area (TPSA) is 53.9 Å². The SMILES string of the molecule is Cc1ncc(C=NCCc2ccccn2)[nH]1. The third kappa shape index (κ3) is 3.02. The normalized spacial score (nSPS) is 11.1. The largest absolute Gasteiger partial charge is 0.341 e. The molecule has 0 spiro atoms. The minimum absolute atomic E-state index is 0.745. The summed E-state index contributed by atoms with van der Waals surface area (Å²) in [5, 5.41) is 0. The van der Waals surface area contributed by atoms with Crippen LogP contribution in [-0.4, -0.2) is 27.7 Å². The maximum Gasteiger partial charge on any atom is 0.103 e. The zero-order valence-electron chi connectivity index (χ0n) is 9.22. The molecular formula is C12H14N4. The Morgan fingerprint density at radius 3 is 3.00 bits per heavy atom. The van der Waals surface area contributed by atoms with E-state index in [2.05, 4.69) is 19.9 Å². The van der Waals surface area contributed by atoms with Crippen molar-refractivity contribution in [1.29, 1.82) is 0 Å². The van der Waals surface area contributed by atoms with Gasteiger partial charge in [-0.15, -0.1) is 0 Å². The molecule has 0 saturated carbocycles. The van der Waals surface area contributed by atoms with E-state index >= 15 is 0 Å². The second-order valence-electron chi connectivity index (χ2n) is 3.53. The van der Waals surface area contributed by atoms with Crippen molar-refractivity contribution in [2.75, 3.05) is 6.54 Å². The summed E-state index contributed by atoms with van der Waals surface area (Å²) in [7, 11) is 0. The van der Waals surface area contributed by atoms with Crippen molar-refractivity contribution in [1.82, 2.24) is 15.0 Å². The second-order valence-corrected chi connectivity index (χ2v) is 3.53. The van der Waals surface area contributed by atoms with Crippen LogP contribution < -0.4 is 0 Å². The highest BCUT2D eigenvalue weighted by Crippen LogP contribution is 1.95. The van der Waals surface area contributed by atoms with Gasteiger partial charge >= 0.3 is 0 Å². The molecule has 82 valence electrons. The molecule has 2 rings (SSSR count). The van der Waals surface area contributed by atoms with Crippen LogP contribution in [0, 0.1) is 6.92 Å². The van der Waals surface area contributed by atoms with Gasteiger partial charge in [0.2, 0.25) is 0 Å². The molecule has 16 heavy (non-hydrogen) atoms. The average Bonchev–Trinajstić information content (AvgIpc) is 2.72. The molecule has 4 nitrogen and oxygen atoms in total. The van der Waals surface area contributed by atoms with E-state index in [1.807, 2.05) is 31.3 Å². The molecule has 1 N–H and O–H groups in total. The van der Waals surface area contributed by atoms with E-state index in [-0.39, 0.29) is 0 Å². The van der Waals surface area contributed by atoms with E-state index in [0.29, 0.717) is 0 Å². The molecule has 0 aromatic carbocycles. The second kappa shape index (κ2) is 5.21. The summed E-state index contributed by atoms with van der Waals surface area (Å²) >= 11 is 0. The van der Waals surface area contributed by atoms with Crippen LogP contribution in [0.3, 0.4) is 0 Å². The molecular weight excluding hydrogens is 200 g/mol. The number of aliphatic imine (C=N–C) groups is 1. The zero-order chi connectivity index (χ0) is 11.2. The van der Waals surface area contributed by atoms with Crippen molar-refractivity contribution in [3.05, 3.63) is 47.8 Å². The van der Waals surface area contributed by atoms with E-state index in [4.69, 9.17) is 0 Å². The van der Waals surface area contributed by atoms with Gasteiger partial charge in [0, 0.05) is 31.1 Å². The van der Waals surface area contributed by atoms with Crippen LogP contribution in [0.25, 0.3) is 0 Å². The van der Waals surface area contributed by atoms with Gasteiger partial charge in [0.1, 0.15) is 5.82 Å².